The lowest BCUT2D eigenvalue weighted by Crippen LogP contribution is -1.99. The second-order valence-corrected chi connectivity index (χ2v) is 5.29. The van der Waals surface area contributed by atoms with E-state index in [9.17, 15) is 0 Å². The fourth-order valence-electron chi connectivity index (χ4n) is 2.24. The van der Waals surface area contributed by atoms with Gasteiger partial charge in [-0.05, 0) is 56.2 Å². The first-order chi connectivity index (χ1) is 11.1. The van der Waals surface area contributed by atoms with Gasteiger partial charge in [0.1, 0.15) is 6.61 Å². The lowest BCUT2D eigenvalue weighted by molar-refractivity contribution is 0.297. The Hall–Kier alpha value is -2.55. The fraction of sp³-hybridized carbons (Fsp3) is 0.250. The number of aryl methyl sites for hydroxylation is 2. The van der Waals surface area contributed by atoms with Crippen LogP contribution in [-0.4, -0.2) is 19.4 Å². The first kappa shape index (κ1) is 16.8. The minimum atomic E-state index is 0.454. The molecule has 0 heterocycles. The van der Waals surface area contributed by atoms with Crippen LogP contribution in [0.5, 0.6) is 11.5 Å². The second kappa shape index (κ2) is 8.18. The van der Waals surface area contributed by atoms with Gasteiger partial charge in [0.25, 0.3) is 0 Å². The van der Waals surface area contributed by atoms with Crippen molar-refractivity contribution in [2.75, 3.05) is 13.2 Å². The highest BCUT2D eigenvalue weighted by Crippen LogP contribution is 2.28. The van der Waals surface area contributed by atoms with Crippen LogP contribution in [0, 0.1) is 13.8 Å². The van der Waals surface area contributed by atoms with E-state index in [2.05, 4.69) is 37.6 Å². The van der Waals surface area contributed by atoms with Crippen molar-refractivity contribution in [3.8, 4) is 11.5 Å². The molecule has 0 aliphatic rings. The fourth-order valence-corrected chi connectivity index (χ4v) is 2.24. The van der Waals surface area contributed by atoms with E-state index in [1.54, 1.807) is 6.08 Å². The molecule has 0 aromatic heterocycles. The summed E-state index contributed by atoms with van der Waals surface area (Å²) in [5.74, 6) is 1.44. The van der Waals surface area contributed by atoms with E-state index >= 15 is 0 Å². The Balaban J connectivity index is 2.23. The topological polar surface area (TPSA) is 30.8 Å². The van der Waals surface area contributed by atoms with Crippen molar-refractivity contribution in [2.24, 2.45) is 4.99 Å². The van der Waals surface area contributed by atoms with Crippen molar-refractivity contribution in [1.82, 2.24) is 0 Å². The van der Waals surface area contributed by atoms with Crippen molar-refractivity contribution in [1.29, 1.82) is 0 Å². The molecule has 0 aliphatic heterocycles. The van der Waals surface area contributed by atoms with Crippen LogP contribution < -0.4 is 9.47 Å². The van der Waals surface area contributed by atoms with Crippen molar-refractivity contribution >= 4 is 11.9 Å². The van der Waals surface area contributed by atoms with Gasteiger partial charge in [0.05, 0.1) is 12.3 Å². The Labute approximate surface area is 138 Å². The van der Waals surface area contributed by atoms with E-state index < -0.39 is 0 Å². The molecule has 3 heteroatoms. The molecule has 2 rings (SSSR count). The third-order valence-electron chi connectivity index (χ3n) is 3.33. The van der Waals surface area contributed by atoms with Crippen LogP contribution in [0.3, 0.4) is 0 Å². The Bertz CT molecular complexity index is 705. The molecule has 0 amide bonds. The normalized spacial score (nSPS) is 10.7. The van der Waals surface area contributed by atoms with Gasteiger partial charge in [-0.1, -0.05) is 30.4 Å². The molecule has 0 saturated heterocycles. The Kier molecular flexibility index (Phi) is 5.98. The maximum atomic E-state index is 5.65. The number of benzene rings is 2. The van der Waals surface area contributed by atoms with Crippen molar-refractivity contribution in [2.45, 2.75) is 20.8 Å². The Morgan fingerprint density at radius 2 is 1.87 bits per heavy atom. The zero-order chi connectivity index (χ0) is 16.7. The molecule has 3 nitrogen and oxygen atoms in total. The van der Waals surface area contributed by atoms with Gasteiger partial charge in [-0.25, -0.2) is 0 Å². The summed E-state index contributed by atoms with van der Waals surface area (Å²) in [6.07, 6.45) is 3.56. The van der Waals surface area contributed by atoms with Gasteiger partial charge in [0.15, 0.2) is 11.5 Å². The molecule has 0 spiro atoms. The average molecular weight is 309 g/mol. The molecule has 2 aromatic carbocycles. The molecule has 0 saturated carbocycles. The van der Waals surface area contributed by atoms with Gasteiger partial charge in [0, 0.05) is 6.21 Å². The molecule has 0 aliphatic carbocycles. The van der Waals surface area contributed by atoms with E-state index in [4.69, 9.17) is 9.47 Å². The minimum absolute atomic E-state index is 0.454. The number of nitrogens with zero attached hydrogens (tertiary/aromatic N) is 1. The molecule has 0 bridgehead atoms. The summed E-state index contributed by atoms with van der Waals surface area (Å²) in [6, 6.07) is 12.0. The van der Waals surface area contributed by atoms with Gasteiger partial charge >= 0.3 is 0 Å². The van der Waals surface area contributed by atoms with Crippen LogP contribution in [0.1, 0.15) is 23.6 Å². The number of rotatable bonds is 7. The summed E-state index contributed by atoms with van der Waals surface area (Å²) in [5, 5.41) is 0. The third-order valence-corrected chi connectivity index (χ3v) is 3.33. The highest BCUT2D eigenvalue weighted by Gasteiger charge is 2.05. The van der Waals surface area contributed by atoms with Gasteiger partial charge in [-0.15, -0.1) is 0 Å². The molecular formula is C20H23NO2. The van der Waals surface area contributed by atoms with Crippen molar-refractivity contribution < 1.29 is 9.47 Å². The SMILES string of the molecule is C=CCOc1ccc(C=Nc2ccc(C)cc2C)cc1OCC. The lowest BCUT2D eigenvalue weighted by atomic mass is 10.1. The average Bonchev–Trinajstić information content (AvgIpc) is 2.53. The summed E-state index contributed by atoms with van der Waals surface area (Å²) in [5.41, 5.74) is 4.35. The van der Waals surface area contributed by atoms with E-state index in [-0.39, 0.29) is 0 Å². The quantitative estimate of drug-likeness (QED) is 0.531. The molecule has 0 unspecified atom stereocenters. The van der Waals surface area contributed by atoms with Gasteiger partial charge in [-0.2, -0.15) is 0 Å². The molecule has 120 valence electrons. The van der Waals surface area contributed by atoms with E-state index in [0.717, 1.165) is 28.3 Å². The molecule has 0 radical (unpaired) electrons. The predicted octanol–water partition coefficient (Wildman–Crippen LogP) is 5.02. The maximum Gasteiger partial charge on any atom is 0.161 e. The van der Waals surface area contributed by atoms with Crippen molar-refractivity contribution in [3.05, 3.63) is 65.7 Å². The standard InChI is InChI=1S/C20H23NO2/c1-5-11-23-19-10-8-17(13-20(19)22-6-2)14-21-18-9-7-15(3)12-16(18)4/h5,7-10,12-14H,1,6,11H2,2-4H3. The second-order valence-electron chi connectivity index (χ2n) is 5.29. The predicted molar refractivity (Wildman–Crippen MR) is 96.5 cm³/mol. The number of hydrogen-bond donors (Lipinski definition) is 0. The van der Waals surface area contributed by atoms with Crippen molar-refractivity contribution in [3.63, 3.8) is 0 Å². The van der Waals surface area contributed by atoms with E-state index in [0.29, 0.717) is 13.2 Å². The molecule has 2 aromatic rings. The van der Waals surface area contributed by atoms with Gasteiger partial charge in [0.2, 0.25) is 0 Å². The largest absolute Gasteiger partial charge is 0.490 e. The number of hydrogen-bond acceptors (Lipinski definition) is 3. The summed E-state index contributed by atoms with van der Waals surface area (Å²) < 4.78 is 11.2. The summed E-state index contributed by atoms with van der Waals surface area (Å²) in [6.45, 7) is 10.8. The van der Waals surface area contributed by atoms with Crippen LogP contribution in [-0.2, 0) is 0 Å². The van der Waals surface area contributed by atoms with E-state index in [1.165, 1.54) is 5.56 Å². The molecule has 0 atom stereocenters. The van der Waals surface area contributed by atoms with E-state index in [1.807, 2.05) is 37.4 Å². The number of ether oxygens (including phenoxy) is 2. The van der Waals surface area contributed by atoms with Gasteiger partial charge in [-0.3, -0.25) is 4.99 Å². The van der Waals surface area contributed by atoms with Crippen LogP contribution in [0.15, 0.2) is 54.0 Å². The van der Waals surface area contributed by atoms with Crippen LogP contribution >= 0.6 is 0 Å². The monoisotopic (exact) mass is 309 g/mol. The Morgan fingerprint density at radius 3 is 2.57 bits per heavy atom. The highest BCUT2D eigenvalue weighted by atomic mass is 16.5. The number of aliphatic imine (C=N–C) groups is 1. The Morgan fingerprint density at radius 1 is 1.04 bits per heavy atom. The highest BCUT2D eigenvalue weighted by molar-refractivity contribution is 5.83. The smallest absolute Gasteiger partial charge is 0.161 e. The van der Waals surface area contributed by atoms with Crippen LogP contribution in [0.4, 0.5) is 5.69 Å². The zero-order valence-corrected chi connectivity index (χ0v) is 14.0. The lowest BCUT2D eigenvalue weighted by Gasteiger charge is -2.11. The first-order valence-corrected chi connectivity index (χ1v) is 7.76. The third kappa shape index (κ3) is 4.71. The molecule has 0 N–H and O–H groups in total. The molecule has 23 heavy (non-hydrogen) atoms. The molecule has 0 fully saturated rings. The molecular weight excluding hydrogens is 286 g/mol. The maximum absolute atomic E-state index is 5.65. The first-order valence-electron chi connectivity index (χ1n) is 7.76. The van der Waals surface area contributed by atoms with Crippen LogP contribution in [0.25, 0.3) is 0 Å². The van der Waals surface area contributed by atoms with Gasteiger partial charge < -0.3 is 9.47 Å². The van der Waals surface area contributed by atoms with Crippen LogP contribution in [0.2, 0.25) is 0 Å². The summed E-state index contributed by atoms with van der Waals surface area (Å²) in [7, 11) is 0. The summed E-state index contributed by atoms with van der Waals surface area (Å²) >= 11 is 0. The summed E-state index contributed by atoms with van der Waals surface area (Å²) in [4.78, 5) is 4.57. The zero-order valence-electron chi connectivity index (χ0n) is 14.0. The minimum Gasteiger partial charge on any atom is -0.490 e.